The van der Waals surface area contributed by atoms with Gasteiger partial charge in [-0.15, -0.1) is 0 Å². The third-order valence-electron chi connectivity index (χ3n) is 4.20. The molecule has 2 heterocycles. The van der Waals surface area contributed by atoms with Crippen molar-refractivity contribution in [3.8, 4) is 6.07 Å². The third-order valence-corrected chi connectivity index (χ3v) is 4.20. The number of benzene rings is 1. The van der Waals surface area contributed by atoms with E-state index in [0.29, 0.717) is 30.4 Å². The van der Waals surface area contributed by atoms with Crippen LogP contribution in [0.15, 0.2) is 22.7 Å². The highest BCUT2D eigenvalue weighted by Crippen LogP contribution is 2.15. The van der Waals surface area contributed by atoms with Crippen molar-refractivity contribution in [1.82, 2.24) is 19.9 Å². The van der Waals surface area contributed by atoms with Crippen LogP contribution in [0.3, 0.4) is 0 Å². The lowest BCUT2D eigenvalue weighted by atomic mass is 10.1. The fraction of sp³-hybridized carbons (Fsp3) is 0.471. The van der Waals surface area contributed by atoms with Crippen LogP contribution >= 0.6 is 0 Å². The van der Waals surface area contributed by atoms with Crippen molar-refractivity contribution in [2.45, 2.75) is 26.4 Å². The van der Waals surface area contributed by atoms with E-state index in [-0.39, 0.29) is 5.82 Å². The lowest BCUT2D eigenvalue weighted by Crippen LogP contribution is -2.30. The van der Waals surface area contributed by atoms with Gasteiger partial charge in [0.25, 0.3) is 0 Å². The van der Waals surface area contributed by atoms with Crippen molar-refractivity contribution in [3.63, 3.8) is 0 Å². The molecule has 3 rings (SSSR count). The molecule has 0 atom stereocenters. The smallest absolute Gasteiger partial charge is 0.223 e. The lowest BCUT2D eigenvalue weighted by Gasteiger charge is -2.21. The predicted molar refractivity (Wildman–Crippen MR) is 85.3 cm³/mol. The molecular weight excluding hydrogens is 309 g/mol. The number of hydrogen-bond donors (Lipinski definition) is 0. The summed E-state index contributed by atoms with van der Waals surface area (Å²) in [4.78, 5) is 8.86. The van der Waals surface area contributed by atoms with Gasteiger partial charge in [-0.1, -0.05) is 11.2 Å². The number of rotatable bonds is 4. The van der Waals surface area contributed by atoms with Crippen molar-refractivity contribution in [2.24, 2.45) is 0 Å². The van der Waals surface area contributed by atoms with Gasteiger partial charge in [0, 0.05) is 26.6 Å². The van der Waals surface area contributed by atoms with Gasteiger partial charge >= 0.3 is 0 Å². The summed E-state index contributed by atoms with van der Waals surface area (Å²) >= 11 is 0. The summed E-state index contributed by atoms with van der Waals surface area (Å²) in [5, 5.41) is 13.1. The summed E-state index contributed by atoms with van der Waals surface area (Å²) in [5.74, 6) is 0.931. The Morgan fingerprint density at radius 2 is 1.96 bits per heavy atom. The number of aryl methyl sites for hydroxylation is 1. The normalized spacial score (nSPS) is 16.7. The summed E-state index contributed by atoms with van der Waals surface area (Å²) in [6, 6.07) is 6.51. The number of aromatic nitrogens is 2. The van der Waals surface area contributed by atoms with E-state index in [1.807, 2.05) is 0 Å². The van der Waals surface area contributed by atoms with Crippen LogP contribution in [0.2, 0.25) is 0 Å². The molecule has 1 aliphatic rings. The molecule has 0 aliphatic carbocycles. The first-order valence-corrected chi connectivity index (χ1v) is 8.06. The maximum Gasteiger partial charge on any atom is 0.223 e. The minimum atomic E-state index is -0.368. The molecule has 1 fully saturated rings. The Morgan fingerprint density at radius 1 is 1.21 bits per heavy atom. The number of hydrogen-bond acceptors (Lipinski definition) is 6. The van der Waals surface area contributed by atoms with Gasteiger partial charge < -0.3 is 4.52 Å². The molecule has 1 aliphatic heterocycles. The van der Waals surface area contributed by atoms with Crippen LogP contribution in [0.25, 0.3) is 0 Å². The quantitative estimate of drug-likeness (QED) is 0.855. The summed E-state index contributed by atoms with van der Waals surface area (Å²) in [7, 11) is 0. The van der Waals surface area contributed by atoms with E-state index in [9.17, 15) is 4.39 Å². The molecule has 1 aromatic heterocycles. The number of nitriles is 1. The summed E-state index contributed by atoms with van der Waals surface area (Å²) in [5.41, 5.74) is 1.29. The van der Waals surface area contributed by atoms with Crippen LogP contribution in [0.4, 0.5) is 4.39 Å². The van der Waals surface area contributed by atoms with Gasteiger partial charge in [0.05, 0.1) is 18.2 Å². The second kappa shape index (κ2) is 7.51. The summed E-state index contributed by atoms with van der Waals surface area (Å²) < 4.78 is 18.3. The minimum absolute atomic E-state index is 0.368. The SMILES string of the molecule is Cc1nc(CN2CCCN(Cc3ccc(F)cc3C#N)CC2)no1. The fourth-order valence-electron chi connectivity index (χ4n) is 2.98. The molecule has 0 saturated carbocycles. The molecule has 1 aromatic carbocycles. The largest absolute Gasteiger partial charge is 0.340 e. The van der Waals surface area contributed by atoms with E-state index in [4.69, 9.17) is 9.78 Å². The molecule has 0 spiro atoms. The van der Waals surface area contributed by atoms with Gasteiger partial charge in [-0.3, -0.25) is 9.80 Å². The van der Waals surface area contributed by atoms with Gasteiger partial charge in [-0.05, 0) is 37.2 Å². The first-order valence-electron chi connectivity index (χ1n) is 8.06. The molecule has 6 nitrogen and oxygen atoms in total. The topological polar surface area (TPSA) is 69.2 Å². The summed E-state index contributed by atoms with van der Waals surface area (Å²) in [6.07, 6.45) is 1.03. The molecule has 7 heteroatoms. The third kappa shape index (κ3) is 4.16. The standard InChI is InChI=1S/C17H20FN5O/c1-13-20-17(21-24-13)12-23-6-2-5-22(7-8-23)11-14-3-4-16(18)9-15(14)10-19/h3-4,9H,2,5-8,11-12H2,1H3. The first-order chi connectivity index (χ1) is 11.6. The van der Waals surface area contributed by atoms with Crippen molar-refractivity contribution >= 4 is 0 Å². The number of nitrogens with zero attached hydrogens (tertiary/aromatic N) is 5. The van der Waals surface area contributed by atoms with Crippen LogP contribution < -0.4 is 0 Å². The molecule has 2 aromatic rings. The lowest BCUT2D eigenvalue weighted by molar-refractivity contribution is 0.241. The molecule has 0 amide bonds. The molecule has 0 bridgehead atoms. The maximum atomic E-state index is 13.2. The molecular formula is C17H20FN5O. The van der Waals surface area contributed by atoms with E-state index in [0.717, 1.165) is 38.2 Å². The summed E-state index contributed by atoms with van der Waals surface area (Å²) in [6.45, 7) is 6.85. The second-order valence-corrected chi connectivity index (χ2v) is 6.05. The van der Waals surface area contributed by atoms with Gasteiger partial charge in [0.2, 0.25) is 5.89 Å². The Bertz CT molecular complexity index is 739. The molecule has 0 N–H and O–H groups in total. The van der Waals surface area contributed by atoms with Crippen LogP contribution in [-0.4, -0.2) is 46.1 Å². The van der Waals surface area contributed by atoms with Gasteiger partial charge in [0.15, 0.2) is 5.82 Å². The molecule has 0 unspecified atom stereocenters. The fourth-order valence-corrected chi connectivity index (χ4v) is 2.98. The zero-order valence-corrected chi connectivity index (χ0v) is 13.7. The average Bonchev–Trinajstić information content (AvgIpc) is 2.85. The molecule has 1 saturated heterocycles. The van der Waals surface area contributed by atoms with Gasteiger partial charge in [0.1, 0.15) is 5.82 Å². The van der Waals surface area contributed by atoms with Crippen molar-refractivity contribution in [1.29, 1.82) is 5.26 Å². The van der Waals surface area contributed by atoms with Gasteiger partial charge in [-0.2, -0.15) is 10.2 Å². The van der Waals surface area contributed by atoms with E-state index in [1.165, 1.54) is 12.1 Å². The highest BCUT2D eigenvalue weighted by Gasteiger charge is 2.18. The van der Waals surface area contributed by atoms with Crippen LogP contribution in [0.1, 0.15) is 29.3 Å². The van der Waals surface area contributed by atoms with Crippen molar-refractivity contribution in [3.05, 3.63) is 46.9 Å². The highest BCUT2D eigenvalue weighted by atomic mass is 19.1. The highest BCUT2D eigenvalue weighted by molar-refractivity contribution is 5.37. The Balaban J connectivity index is 1.59. The molecule has 0 radical (unpaired) electrons. The second-order valence-electron chi connectivity index (χ2n) is 6.05. The van der Waals surface area contributed by atoms with Gasteiger partial charge in [-0.25, -0.2) is 4.39 Å². The van der Waals surface area contributed by atoms with Crippen molar-refractivity contribution in [2.75, 3.05) is 26.2 Å². The van der Waals surface area contributed by atoms with Crippen molar-refractivity contribution < 1.29 is 8.91 Å². The Labute approximate surface area is 140 Å². The maximum absolute atomic E-state index is 13.2. The Morgan fingerprint density at radius 3 is 2.62 bits per heavy atom. The zero-order valence-electron chi connectivity index (χ0n) is 13.7. The van der Waals surface area contributed by atoms with E-state index < -0.39 is 0 Å². The molecule has 126 valence electrons. The first kappa shape index (κ1) is 16.6. The average molecular weight is 329 g/mol. The van der Waals surface area contributed by atoms with Crippen LogP contribution in [0, 0.1) is 24.1 Å². The Hall–Kier alpha value is -2.30. The predicted octanol–water partition coefficient (Wildman–Crippen LogP) is 2.10. The van der Waals surface area contributed by atoms with E-state index in [1.54, 1.807) is 13.0 Å². The van der Waals surface area contributed by atoms with Crippen LogP contribution in [-0.2, 0) is 13.1 Å². The van der Waals surface area contributed by atoms with E-state index >= 15 is 0 Å². The van der Waals surface area contributed by atoms with E-state index in [2.05, 4.69) is 26.0 Å². The number of halogens is 1. The minimum Gasteiger partial charge on any atom is -0.340 e. The van der Waals surface area contributed by atoms with Crippen LogP contribution in [0.5, 0.6) is 0 Å². The zero-order chi connectivity index (χ0) is 16.9. The Kier molecular flexibility index (Phi) is 5.18. The molecule has 24 heavy (non-hydrogen) atoms. The monoisotopic (exact) mass is 329 g/mol.